The summed E-state index contributed by atoms with van der Waals surface area (Å²) in [5.74, 6) is 3.31. The Labute approximate surface area is 126 Å². The molecule has 3 atom stereocenters. The predicted octanol–water partition coefficient (Wildman–Crippen LogP) is 3.40. The first kappa shape index (κ1) is 14.2. The van der Waals surface area contributed by atoms with E-state index < -0.39 is 0 Å². The third-order valence-corrected chi connectivity index (χ3v) is 4.81. The van der Waals surface area contributed by atoms with Gasteiger partial charge >= 0.3 is 0 Å². The quantitative estimate of drug-likeness (QED) is 0.885. The van der Waals surface area contributed by atoms with E-state index in [2.05, 4.69) is 36.4 Å². The molecule has 2 aromatic rings. The van der Waals surface area contributed by atoms with Crippen LogP contribution in [0.15, 0.2) is 18.6 Å². The monoisotopic (exact) mass is 287 g/mol. The maximum Gasteiger partial charge on any atom is 0.180 e. The molecule has 21 heavy (non-hydrogen) atoms. The van der Waals surface area contributed by atoms with Gasteiger partial charge in [0.15, 0.2) is 11.5 Å². The van der Waals surface area contributed by atoms with E-state index in [1.165, 1.54) is 19.3 Å². The lowest BCUT2D eigenvalue weighted by Crippen LogP contribution is -2.25. The summed E-state index contributed by atoms with van der Waals surface area (Å²) in [5.41, 5.74) is 0.906. The van der Waals surface area contributed by atoms with Gasteiger partial charge in [-0.1, -0.05) is 20.3 Å². The number of anilines is 2. The fraction of sp³-hybridized carbons (Fsp3) is 0.625. The minimum absolute atomic E-state index is 0.500. The molecule has 0 saturated heterocycles. The maximum absolute atomic E-state index is 4.71. The van der Waals surface area contributed by atoms with E-state index in [-0.39, 0.29) is 0 Å². The van der Waals surface area contributed by atoms with Gasteiger partial charge in [0.25, 0.3) is 0 Å². The Kier molecular flexibility index (Phi) is 3.99. The van der Waals surface area contributed by atoms with Gasteiger partial charge in [0.2, 0.25) is 0 Å². The van der Waals surface area contributed by atoms with Crippen LogP contribution in [0.2, 0.25) is 0 Å². The van der Waals surface area contributed by atoms with Crippen LogP contribution in [-0.2, 0) is 0 Å². The number of nitrogens with zero attached hydrogens (tertiary/aromatic N) is 3. The average Bonchev–Trinajstić information content (AvgIpc) is 3.07. The summed E-state index contributed by atoms with van der Waals surface area (Å²) >= 11 is 0. The van der Waals surface area contributed by atoms with Crippen LogP contribution in [0.25, 0.3) is 5.65 Å². The molecule has 2 N–H and O–H groups in total. The molecular formula is C16H25N5. The highest BCUT2D eigenvalue weighted by atomic mass is 15.2. The Morgan fingerprint density at radius 3 is 2.90 bits per heavy atom. The molecule has 0 bridgehead atoms. The minimum Gasteiger partial charge on any atom is -0.369 e. The molecule has 1 fully saturated rings. The molecule has 2 heterocycles. The summed E-state index contributed by atoms with van der Waals surface area (Å²) in [6.07, 6.45) is 9.58. The second-order valence-electron chi connectivity index (χ2n) is 6.02. The summed E-state index contributed by atoms with van der Waals surface area (Å²) < 4.78 is 2.03. The lowest BCUT2D eigenvalue weighted by atomic mass is 9.93. The number of imidazole rings is 1. The van der Waals surface area contributed by atoms with Gasteiger partial charge in [-0.3, -0.25) is 0 Å². The summed E-state index contributed by atoms with van der Waals surface area (Å²) in [5, 5.41) is 6.93. The van der Waals surface area contributed by atoms with Crippen molar-refractivity contribution < 1.29 is 0 Å². The molecule has 2 aromatic heterocycles. The van der Waals surface area contributed by atoms with E-state index in [9.17, 15) is 0 Å². The SMILES string of the molecule is CCNc1cn2ccnc2c(NC2CCC(CC)C2C)n1. The molecule has 1 saturated carbocycles. The van der Waals surface area contributed by atoms with Crippen molar-refractivity contribution in [1.82, 2.24) is 14.4 Å². The van der Waals surface area contributed by atoms with Crippen molar-refractivity contribution in [3.63, 3.8) is 0 Å². The molecule has 0 aliphatic heterocycles. The molecule has 0 aromatic carbocycles. The molecule has 0 radical (unpaired) electrons. The van der Waals surface area contributed by atoms with Crippen LogP contribution in [0.3, 0.4) is 0 Å². The highest BCUT2D eigenvalue weighted by Crippen LogP contribution is 2.36. The fourth-order valence-electron chi connectivity index (χ4n) is 3.50. The largest absolute Gasteiger partial charge is 0.369 e. The Morgan fingerprint density at radius 1 is 1.33 bits per heavy atom. The van der Waals surface area contributed by atoms with Crippen molar-refractivity contribution in [2.45, 2.75) is 46.1 Å². The van der Waals surface area contributed by atoms with E-state index in [0.717, 1.165) is 29.7 Å². The smallest absolute Gasteiger partial charge is 0.180 e. The van der Waals surface area contributed by atoms with Crippen LogP contribution in [0, 0.1) is 11.8 Å². The highest BCUT2D eigenvalue weighted by Gasteiger charge is 2.32. The van der Waals surface area contributed by atoms with E-state index in [0.29, 0.717) is 12.0 Å². The molecule has 5 nitrogen and oxygen atoms in total. The van der Waals surface area contributed by atoms with E-state index in [1.807, 2.05) is 23.0 Å². The summed E-state index contributed by atoms with van der Waals surface area (Å²) in [7, 11) is 0. The third kappa shape index (κ3) is 2.69. The van der Waals surface area contributed by atoms with Gasteiger partial charge in [0, 0.05) is 25.0 Å². The molecule has 3 unspecified atom stereocenters. The lowest BCUT2D eigenvalue weighted by Gasteiger charge is -2.22. The van der Waals surface area contributed by atoms with Gasteiger partial charge in [0.1, 0.15) is 5.82 Å². The number of hydrogen-bond donors (Lipinski definition) is 2. The first-order valence-corrected chi connectivity index (χ1v) is 8.07. The molecule has 1 aliphatic carbocycles. The van der Waals surface area contributed by atoms with Crippen LogP contribution >= 0.6 is 0 Å². The van der Waals surface area contributed by atoms with Gasteiger partial charge in [-0.15, -0.1) is 0 Å². The van der Waals surface area contributed by atoms with Crippen LogP contribution in [0.5, 0.6) is 0 Å². The predicted molar refractivity (Wildman–Crippen MR) is 86.7 cm³/mol. The summed E-state index contributed by atoms with van der Waals surface area (Å²) in [6.45, 7) is 7.60. The molecule has 5 heteroatoms. The van der Waals surface area contributed by atoms with E-state index in [1.54, 1.807) is 0 Å². The number of fused-ring (bicyclic) bond motifs is 1. The zero-order valence-corrected chi connectivity index (χ0v) is 13.1. The molecule has 0 spiro atoms. The Bertz CT molecular complexity index is 606. The zero-order chi connectivity index (χ0) is 14.8. The number of rotatable bonds is 5. The Hall–Kier alpha value is -1.78. The first-order chi connectivity index (χ1) is 10.2. The second kappa shape index (κ2) is 5.92. The molecular weight excluding hydrogens is 262 g/mol. The molecule has 3 rings (SSSR count). The second-order valence-corrected chi connectivity index (χ2v) is 6.02. The Morgan fingerprint density at radius 2 is 2.19 bits per heavy atom. The van der Waals surface area contributed by atoms with Crippen molar-refractivity contribution >= 4 is 17.3 Å². The number of nitrogens with one attached hydrogen (secondary N) is 2. The van der Waals surface area contributed by atoms with Crippen molar-refractivity contribution in [1.29, 1.82) is 0 Å². The third-order valence-electron chi connectivity index (χ3n) is 4.81. The summed E-state index contributed by atoms with van der Waals surface area (Å²) in [4.78, 5) is 9.14. The summed E-state index contributed by atoms with van der Waals surface area (Å²) in [6, 6.07) is 0.500. The Balaban J connectivity index is 1.87. The van der Waals surface area contributed by atoms with Crippen molar-refractivity contribution in [3.05, 3.63) is 18.6 Å². The fourth-order valence-corrected chi connectivity index (χ4v) is 3.50. The van der Waals surface area contributed by atoms with E-state index in [4.69, 9.17) is 4.98 Å². The topological polar surface area (TPSA) is 54.2 Å². The van der Waals surface area contributed by atoms with Crippen LogP contribution in [0.1, 0.15) is 40.0 Å². The maximum atomic E-state index is 4.71. The average molecular weight is 287 g/mol. The van der Waals surface area contributed by atoms with Crippen LogP contribution in [-0.4, -0.2) is 27.0 Å². The number of aromatic nitrogens is 3. The molecule has 114 valence electrons. The van der Waals surface area contributed by atoms with Gasteiger partial charge in [-0.2, -0.15) is 0 Å². The van der Waals surface area contributed by atoms with Gasteiger partial charge in [-0.25, -0.2) is 9.97 Å². The van der Waals surface area contributed by atoms with Gasteiger partial charge in [0.05, 0.1) is 6.20 Å². The highest BCUT2D eigenvalue weighted by molar-refractivity contribution is 5.65. The first-order valence-electron chi connectivity index (χ1n) is 8.07. The molecule has 0 amide bonds. The van der Waals surface area contributed by atoms with Gasteiger partial charge in [-0.05, 0) is 31.6 Å². The number of hydrogen-bond acceptors (Lipinski definition) is 4. The van der Waals surface area contributed by atoms with Gasteiger partial charge < -0.3 is 15.0 Å². The van der Waals surface area contributed by atoms with Crippen molar-refractivity contribution in [2.75, 3.05) is 17.2 Å². The standard InChI is InChI=1S/C16H25N5/c1-4-12-6-7-13(11(12)3)19-15-16-18-8-9-21(16)10-14(20-15)17-5-2/h8-13,17H,4-7H2,1-3H3,(H,19,20). The lowest BCUT2D eigenvalue weighted by molar-refractivity contribution is 0.391. The van der Waals surface area contributed by atoms with Crippen LogP contribution < -0.4 is 10.6 Å². The van der Waals surface area contributed by atoms with E-state index >= 15 is 0 Å². The minimum atomic E-state index is 0.500. The van der Waals surface area contributed by atoms with Crippen molar-refractivity contribution in [2.24, 2.45) is 11.8 Å². The van der Waals surface area contributed by atoms with Crippen molar-refractivity contribution in [3.8, 4) is 0 Å². The van der Waals surface area contributed by atoms with Crippen LogP contribution in [0.4, 0.5) is 11.6 Å². The zero-order valence-electron chi connectivity index (χ0n) is 13.1. The normalized spacial score (nSPS) is 25.4. The molecule has 1 aliphatic rings.